The second-order valence-electron chi connectivity index (χ2n) is 11.1. The van der Waals surface area contributed by atoms with Gasteiger partial charge in [-0.25, -0.2) is 14.8 Å². The first-order chi connectivity index (χ1) is 21.4. The van der Waals surface area contributed by atoms with Crippen molar-refractivity contribution in [3.63, 3.8) is 0 Å². The summed E-state index contributed by atoms with van der Waals surface area (Å²) in [5.74, 6) is 0.333. The van der Waals surface area contributed by atoms with E-state index >= 15 is 0 Å². The third-order valence-corrected chi connectivity index (χ3v) is 7.97. The smallest absolute Gasteiger partial charge is 0.324 e. The minimum absolute atomic E-state index is 0.226. The van der Waals surface area contributed by atoms with Gasteiger partial charge in [-0.2, -0.15) is 15.5 Å². The molecule has 1 fully saturated rings. The van der Waals surface area contributed by atoms with Crippen molar-refractivity contribution < 1.29 is 4.79 Å². The zero-order valence-electron chi connectivity index (χ0n) is 24.8. The maximum absolute atomic E-state index is 14.2. The van der Waals surface area contributed by atoms with E-state index in [0.29, 0.717) is 42.3 Å². The van der Waals surface area contributed by atoms with Crippen molar-refractivity contribution in [3.8, 4) is 28.6 Å². The molecular formula is C33H34N10O. The van der Waals surface area contributed by atoms with Crippen molar-refractivity contribution in [2.75, 3.05) is 10.2 Å². The van der Waals surface area contributed by atoms with Gasteiger partial charge in [0.05, 0.1) is 18.0 Å². The first kappa shape index (κ1) is 28.6. The molecule has 44 heavy (non-hydrogen) atoms. The molecule has 11 heteroatoms. The van der Waals surface area contributed by atoms with Crippen LogP contribution in [0.15, 0.2) is 85.5 Å². The number of amides is 2. The highest BCUT2D eigenvalue weighted by atomic mass is 16.2. The Morgan fingerprint density at radius 1 is 0.977 bits per heavy atom. The van der Waals surface area contributed by atoms with Crippen LogP contribution >= 0.6 is 0 Å². The number of hydrogen-bond acceptors (Lipinski definition) is 7. The molecule has 0 saturated heterocycles. The summed E-state index contributed by atoms with van der Waals surface area (Å²) in [5.41, 5.74) is 4.29. The van der Waals surface area contributed by atoms with Gasteiger partial charge in [0.1, 0.15) is 23.1 Å². The lowest BCUT2D eigenvalue weighted by atomic mass is 9.87. The molecule has 2 amide bonds. The standard InChI is InChI=1S/C33H34N10O/c1-41-18-15-29(40-41)30-26(19-34)21-35-31(38-30)39-33(16-7-4-8-17-33)43(32(44)36-20-24-9-5-3-6-10-24)28-13-11-25(12-14-28)27-22-37-42(2)23-27/h3,5-6,9-15,18,21-23H,4,7-8,16-17,20H2,1-2H3,(H,36,44)(H,35,38,39). The maximum Gasteiger partial charge on any atom is 0.324 e. The topological polar surface area (TPSA) is 130 Å². The molecule has 0 bridgehead atoms. The summed E-state index contributed by atoms with van der Waals surface area (Å²) in [4.78, 5) is 25.3. The number of nitrogens with one attached hydrogen (secondary N) is 2. The molecule has 2 aromatic carbocycles. The van der Waals surface area contributed by atoms with Crippen LogP contribution in [0.5, 0.6) is 0 Å². The molecular weight excluding hydrogens is 552 g/mol. The van der Waals surface area contributed by atoms with Gasteiger partial charge in [0.2, 0.25) is 5.95 Å². The van der Waals surface area contributed by atoms with Gasteiger partial charge in [0.15, 0.2) is 0 Å². The average molecular weight is 587 g/mol. The molecule has 0 aliphatic heterocycles. The zero-order valence-corrected chi connectivity index (χ0v) is 24.8. The van der Waals surface area contributed by atoms with Crippen LogP contribution in [0.4, 0.5) is 16.4 Å². The fourth-order valence-corrected chi connectivity index (χ4v) is 5.79. The summed E-state index contributed by atoms with van der Waals surface area (Å²) in [6, 6.07) is 21.6. The highest BCUT2D eigenvalue weighted by Crippen LogP contribution is 2.38. The van der Waals surface area contributed by atoms with Crippen molar-refractivity contribution >= 4 is 17.7 Å². The average Bonchev–Trinajstić information content (AvgIpc) is 3.69. The molecule has 5 aromatic rings. The maximum atomic E-state index is 14.2. The molecule has 3 aromatic heterocycles. The lowest BCUT2D eigenvalue weighted by molar-refractivity contribution is 0.230. The predicted octanol–water partition coefficient (Wildman–Crippen LogP) is 5.64. The van der Waals surface area contributed by atoms with Crippen LogP contribution < -0.4 is 15.5 Å². The predicted molar refractivity (Wildman–Crippen MR) is 168 cm³/mol. The first-order valence-electron chi connectivity index (χ1n) is 14.7. The van der Waals surface area contributed by atoms with Crippen LogP contribution in [0.25, 0.3) is 22.5 Å². The van der Waals surface area contributed by atoms with Crippen LogP contribution in [-0.4, -0.2) is 41.2 Å². The Morgan fingerprint density at radius 2 is 1.75 bits per heavy atom. The number of benzene rings is 2. The largest absolute Gasteiger partial charge is 0.334 e. The Balaban J connectivity index is 1.39. The third-order valence-electron chi connectivity index (χ3n) is 7.97. The number of nitriles is 1. The second kappa shape index (κ2) is 12.4. The number of aryl methyl sites for hydroxylation is 2. The fraction of sp³-hybridized carbons (Fsp3) is 0.273. The highest BCUT2D eigenvalue weighted by Gasteiger charge is 2.42. The number of carbonyl (C=O) groups excluding carboxylic acids is 1. The Hall–Kier alpha value is -5.50. The minimum atomic E-state index is -0.815. The van der Waals surface area contributed by atoms with Gasteiger partial charge < -0.3 is 10.6 Å². The lowest BCUT2D eigenvalue weighted by Crippen LogP contribution is -2.61. The van der Waals surface area contributed by atoms with Gasteiger partial charge in [-0.1, -0.05) is 48.9 Å². The molecule has 1 aliphatic rings. The normalized spacial score (nSPS) is 14.0. The molecule has 0 radical (unpaired) electrons. The summed E-state index contributed by atoms with van der Waals surface area (Å²) < 4.78 is 3.44. The van der Waals surface area contributed by atoms with E-state index in [1.165, 1.54) is 6.20 Å². The van der Waals surface area contributed by atoms with E-state index in [1.54, 1.807) is 9.36 Å². The highest BCUT2D eigenvalue weighted by molar-refractivity contribution is 5.94. The van der Waals surface area contributed by atoms with E-state index < -0.39 is 5.66 Å². The summed E-state index contributed by atoms with van der Waals surface area (Å²) in [7, 11) is 3.71. The number of aromatic nitrogens is 6. The van der Waals surface area contributed by atoms with Gasteiger partial charge in [0.25, 0.3) is 0 Å². The quantitative estimate of drug-likeness (QED) is 0.225. The zero-order chi connectivity index (χ0) is 30.5. The van der Waals surface area contributed by atoms with Crippen molar-refractivity contribution in [2.45, 2.75) is 44.3 Å². The first-order valence-corrected chi connectivity index (χ1v) is 14.7. The van der Waals surface area contributed by atoms with Gasteiger partial charge in [-0.05, 0) is 55.0 Å². The van der Waals surface area contributed by atoms with E-state index in [1.807, 2.05) is 98.2 Å². The van der Waals surface area contributed by atoms with Crippen molar-refractivity contribution in [1.82, 2.24) is 34.8 Å². The summed E-state index contributed by atoms with van der Waals surface area (Å²) in [5, 5.41) is 25.3. The molecule has 1 aliphatic carbocycles. The van der Waals surface area contributed by atoms with E-state index in [4.69, 9.17) is 4.98 Å². The van der Waals surface area contributed by atoms with E-state index in [0.717, 1.165) is 41.6 Å². The van der Waals surface area contributed by atoms with Crippen molar-refractivity contribution in [3.05, 3.63) is 96.6 Å². The number of nitrogens with zero attached hydrogens (tertiary/aromatic N) is 8. The number of anilines is 2. The number of hydrogen-bond donors (Lipinski definition) is 2. The number of carbonyl (C=O) groups is 1. The SMILES string of the molecule is Cn1cc(-c2ccc(N(C(=O)NCc3ccccc3)C3(Nc4ncc(C#N)c(-c5ccn(C)n5)n4)CCCCC3)cc2)cn1. The molecule has 0 atom stereocenters. The molecule has 0 unspecified atom stereocenters. The van der Waals surface area contributed by atoms with Gasteiger partial charge in [0, 0.05) is 44.3 Å². The van der Waals surface area contributed by atoms with E-state index in [2.05, 4.69) is 31.9 Å². The van der Waals surface area contributed by atoms with Gasteiger partial charge in [-0.3, -0.25) is 14.3 Å². The molecule has 1 saturated carbocycles. The molecule has 0 spiro atoms. The molecule has 222 valence electrons. The summed E-state index contributed by atoms with van der Waals surface area (Å²) in [6.45, 7) is 0.386. The third kappa shape index (κ3) is 6.01. The van der Waals surface area contributed by atoms with Crippen LogP contribution in [0, 0.1) is 11.3 Å². The fourth-order valence-electron chi connectivity index (χ4n) is 5.79. The van der Waals surface area contributed by atoms with Crippen LogP contribution in [0.2, 0.25) is 0 Å². The number of urea groups is 1. The summed E-state index contributed by atoms with van der Waals surface area (Å²) >= 11 is 0. The molecule has 3 heterocycles. The van der Waals surface area contributed by atoms with E-state index in [-0.39, 0.29) is 6.03 Å². The monoisotopic (exact) mass is 586 g/mol. The Bertz CT molecular complexity index is 1780. The van der Waals surface area contributed by atoms with Gasteiger partial charge in [-0.15, -0.1) is 0 Å². The van der Waals surface area contributed by atoms with Crippen LogP contribution in [0.1, 0.15) is 43.2 Å². The van der Waals surface area contributed by atoms with Crippen LogP contribution in [0.3, 0.4) is 0 Å². The van der Waals surface area contributed by atoms with Gasteiger partial charge >= 0.3 is 6.03 Å². The molecule has 6 rings (SSSR count). The summed E-state index contributed by atoms with van der Waals surface area (Å²) in [6.07, 6.45) is 11.4. The molecule has 11 nitrogen and oxygen atoms in total. The van der Waals surface area contributed by atoms with E-state index in [9.17, 15) is 10.1 Å². The lowest BCUT2D eigenvalue weighted by Gasteiger charge is -2.46. The Kier molecular flexibility index (Phi) is 8.06. The second-order valence-corrected chi connectivity index (χ2v) is 11.1. The Labute approximate surface area is 256 Å². The van der Waals surface area contributed by atoms with Crippen molar-refractivity contribution in [2.24, 2.45) is 14.1 Å². The Morgan fingerprint density at radius 3 is 2.41 bits per heavy atom. The number of rotatable bonds is 8. The van der Waals surface area contributed by atoms with Crippen molar-refractivity contribution in [1.29, 1.82) is 5.26 Å². The van der Waals surface area contributed by atoms with Crippen LogP contribution in [-0.2, 0) is 20.6 Å². The minimum Gasteiger partial charge on any atom is -0.334 e. The molecule has 2 N–H and O–H groups in total.